The molecule has 40 heavy (non-hydrogen) atoms. The smallest absolute Gasteiger partial charge is 0.229 e. The Hall–Kier alpha value is -3.89. The van der Waals surface area contributed by atoms with Crippen molar-refractivity contribution in [3.05, 3.63) is 101 Å². The number of nitrogens with zero attached hydrogens (tertiary/aromatic N) is 3. The third kappa shape index (κ3) is 5.04. The summed E-state index contributed by atoms with van der Waals surface area (Å²) in [6, 6.07) is 19.3. The number of methoxy groups -OCH3 is 1. The Morgan fingerprint density at radius 3 is 2.35 bits per heavy atom. The van der Waals surface area contributed by atoms with Crippen LogP contribution in [-0.4, -0.2) is 36.4 Å². The summed E-state index contributed by atoms with van der Waals surface area (Å²) < 4.78 is 34.3. The summed E-state index contributed by atoms with van der Waals surface area (Å²) >= 11 is 5.92. The molecule has 208 valence electrons. The van der Waals surface area contributed by atoms with E-state index in [-0.39, 0.29) is 12.1 Å². The molecule has 2 atom stereocenters. The van der Waals surface area contributed by atoms with Gasteiger partial charge in [0.1, 0.15) is 5.75 Å². The molecule has 1 aliphatic rings. The van der Waals surface area contributed by atoms with Gasteiger partial charge in [0.25, 0.3) is 0 Å². The molecule has 0 unspecified atom stereocenters. The predicted octanol–water partition coefficient (Wildman–Crippen LogP) is 5.66. The van der Waals surface area contributed by atoms with Gasteiger partial charge in [0.2, 0.25) is 10.0 Å². The summed E-state index contributed by atoms with van der Waals surface area (Å²) in [5.74, 6) is 0.395. The molecule has 0 spiro atoms. The molecule has 0 bridgehead atoms. The van der Waals surface area contributed by atoms with Gasteiger partial charge in [0.05, 0.1) is 42.5 Å². The fourth-order valence-electron chi connectivity index (χ4n) is 5.65. The van der Waals surface area contributed by atoms with Crippen molar-refractivity contribution in [1.82, 2.24) is 14.9 Å². The Bertz CT molecular complexity index is 1680. The Morgan fingerprint density at radius 1 is 1.00 bits per heavy atom. The van der Waals surface area contributed by atoms with E-state index in [1.165, 1.54) is 23.9 Å². The number of benzene rings is 2. The molecular formula is C30H33N5O3S2. The van der Waals surface area contributed by atoms with Crippen LogP contribution in [0.1, 0.15) is 45.9 Å². The lowest BCUT2D eigenvalue weighted by Crippen LogP contribution is -2.29. The molecule has 2 aromatic carbocycles. The minimum Gasteiger partial charge on any atom is -0.494 e. The summed E-state index contributed by atoms with van der Waals surface area (Å²) in [5.41, 5.74) is 8.92. The monoisotopic (exact) mass is 575 g/mol. The standard InChI is InChI=1S/C30H33N5O3S2/c1-18-10-9-11-19(2)28(18)34-20(3)16-23(21(34)4)29-27(25-12-7-8-15-31-25)32-30(39)35(29)22-13-14-24(26(17-22)38-5)33-40(6,36)37/h7-17,27,29,33H,1-6H3,(H,32,39)/t27-,29-/m0/s1. The molecule has 5 rings (SSSR count). The number of para-hydroxylation sites is 1. The maximum Gasteiger partial charge on any atom is 0.229 e. The number of hydrogen-bond acceptors (Lipinski definition) is 5. The van der Waals surface area contributed by atoms with Gasteiger partial charge in [0.15, 0.2) is 5.11 Å². The summed E-state index contributed by atoms with van der Waals surface area (Å²) in [4.78, 5) is 6.74. The number of nitrogens with one attached hydrogen (secondary N) is 2. The number of sulfonamides is 1. The van der Waals surface area contributed by atoms with Gasteiger partial charge in [-0.05, 0) is 86.9 Å². The molecule has 0 radical (unpaired) electrons. The van der Waals surface area contributed by atoms with Crippen LogP contribution < -0.4 is 19.7 Å². The molecule has 2 aromatic heterocycles. The van der Waals surface area contributed by atoms with Crippen molar-refractivity contribution in [2.45, 2.75) is 39.8 Å². The number of anilines is 2. The highest BCUT2D eigenvalue weighted by atomic mass is 32.2. The van der Waals surface area contributed by atoms with Gasteiger partial charge < -0.3 is 19.5 Å². The second-order valence-electron chi connectivity index (χ2n) is 10.2. The first-order valence-corrected chi connectivity index (χ1v) is 15.2. The van der Waals surface area contributed by atoms with Gasteiger partial charge in [-0.25, -0.2) is 8.42 Å². The van der Waals surface area contributed by atoms with Crippen LogP contribution in [0.15, 0.2) is 66.9 Å². The molecule has 2 N–H and O–H groups in total. The van der Waals surface area contributed by atoms with E-state index in [0.29, 0.717) is 16.5 Å². The number of aromatic nitrogens is 2. The van der Waals surface area contributed by atoms with Crippen LogP contribution in [0, 0.1) is 27.7 Å². The van der Waals surface area contributed by atoms with Crippen LogP contribution in [0.3, 0.4) is 0 Å². The Kier molecular flexibility index (Phi) is 7.32. The van der Waals surface area contributed by atoms with E-state index in [4.69, 9.17) is 17.0 Å². The third-order valence-corrected chi connectivity index (χ3v) is 8.21. The van der Waals surface area contributed by atoms with E-state index in [1.807, 2.05) is 24.3 Å². The second kappa shape index (κ2) is 10.6. The molecule has 1 aliphatic heterocycles. The van der Waals surface area contributed by atoms with E-state index < -0.39 is 10.0 Å². The average Bonchev–Trinajstić information content (AvgIpc) is 3.39. The summed E-state index contributed by atoms with van der Waals surface area (Å²) in [5, 5.41) is 4.05. The minimum atomic E-state index is -3.48. The maximum atomic E-state index is 11.9. The van der Waals surface area contributed by atoms with Gasteiger partial charge in [-0.2, -0.15) is 0 Å². The third-order valence-electron chi connectivity index (χ3n) is 7.31. The van der Waals surface area contributed by atoms with Crippen molar-refractivity contribution in [2.24, 2.45) is 0 Å². The fraction of sp³-hybridized carbons (Fsp3) is 0.267. The Balaban J connectivity index is 1.69. The highest BCUT2D eigenvalue weighted by Crippen LogP contribution is 2.45. The van der Waals surface area contributed by atoms with Crippen LogP contribution in [-0.2, 0) is 10.0 Å². The lowest BCUT2D eigenvalue weighted by molar-refractivity contribution is 0.417. The number of hydrogen-bond donors (Lipinski definition) is 2. The van der Waals surface area contributed by atoms with Gasteiger partial charge in [-0.15, -0.1) is 0 Å². The molecule has 1 fully saturated rings. The van der Waals surface area contributed by atoms with Crippen molar-refractivity contribution in [1.29, 1.82) is 0 Å². The summed E-state index contributed by atoms with van der Waals surface area (Å²) in [6.07, 6.45) is 2.90. The summed E-state index contributed by atoms with van der Waals surface area (Å²) in [6.45, 7) is 8.53. The van der Waals surface area contributed by atoms with Gasteiger partial charge in [-0.3, -0.25) is 9.71 Å². The molecule has 0 amide bonds. The second-order valence-corrected chi connectivity index (χ2v) is 12.3. The highest BCUT2D eigenvalue weighted by molar-refractivity contribution is 7.92. The Morgan fingerprint density at radius 2 is 1.73 bits per heavy atom. The SMILES string of the molecule is COc1cc(N2C(=S)N[C@@H](c3ccccn3)[C@@H]2c2cc(C)n(-c3c(C)cccc3C)c2C)ccc1NS(C)(=O)=O. The van der Waals surface area contributed by atoms with Crippen molar-refractivity contribution in [3.8, 4) is 11.4 Å². The van der Waals surface area contributed by atoms with Gasteiger partial charge in [0, 0.05) is 29.3 Å². The van der Waals surface area contributed by atoms with Gasteiger partial charge in [-0.1, -0.05) is 24.3 Å². The largest absolute Gasteiger partial charge is 0.494 e. The van der Waals surface area contributed by atoms with E-state index in [2.05, 4.69) is 76.5 Å². The first kappa shape index (κ1) is 27.7. The maximum absolute atomic E-state index is 11.9. The first-order chi connectivity index (χ1) is 19.0. The molecule has 1 saturated heterocycles. The van der Waals surface area contributed by atoms with E-state index in [1.54, 1.807) is 18.3 Å². The number of ether oxygens (including phenoxy) is 1. The molecular weight excluding hydrogens is 542 g/mol. The zero-order chi connectivity index (χ0) is 28.8. The normalized spacial score (nSPS) is 17.1. The number of aryl methyl sites for hydroxylation is 3. The van der Waals surface area contributed by atoms with E-state index >= 15 is 0 Å². The first-order valence-electron chi connectivity index (χ1n) is 12.9. The molecule has 10 heteroatoms. The average molecular weight is 576 g/mol. The number of pyridine rings is 1. The van der Waals surface area contributed by atoms with Gasteiger partial charge >= 0.3 is 0 Å². The molecule has 4 aromatic rings. The minimum absolute atomic E-state index is 0.222. The lowest BCUT2D eigenvalue weighted by atomic mass is 9.96. The molecule has 3 heterocycles. The van der Waals surface area contributed by atoms with Crippen molar-refractivity contribution in [2.75, 3.05) is 23.0 Å². The van der Waals surface area contributed by atoms with Crippen LogP contribution in [0.4, 0.5) is 11.4 Å². The quantitative estimate of drug-likeness (QED) is 0.275. The zero-order valence-electron chi connectivity index (χ0n) is 23.4. The van der Waals surface area contributed by atoms with Crippen molar-refractivity contribution < 1.29 is 13.2 Å². The molecule has 0 saturated carbocycles. The van der Waals surface area contributed by atoms with Crippen LogP contribution in [0.5, 0.6) is 5.75 Å². The van der Waals surface area contributed by atoms with Crippen molar-refractivity contribution >= 4 is 38.7 Å². The van der Waals surface area contributed by atoms with Crippen LogP contribution in [0.25, 0.3) is 5.69 Å². The Labute approximate surface area is 241 Å². The van der Waals surface area contributed by atoms with E-state index in [9.17, 15) is 8.42 Å². The lowest BCUT2D eigenvalue weighted by Gasteiger charge is -2.29. The number of thiocarbonyl (C=S) groups is 1. The predicted molar refractivity (Wildman–Crippen MR) is 164 cm³/mol. The zero-order valence-corrected chi connectivity index (χ0v) is 25.0. The molecule has 8 nitrogen and oxygen atoms in total. The van der Waals surface area contributed by atoms with Crippen LogP contribution in [0.2, 0.25) is 0 Å². The number of rotatable bonds is 7. The molecule has 0 aliphatic carbocycles. The summed E-state index contributed by atoms with van der Waals surface area (Å²) in [7, 11) is -1.97. The van der Waals surface area contributed by atoms with E-state index in [0.717, 1.165) is 34.6 Å². The van der Waals surface area contributed by atoms with Crippen molar-refractivity contribution in [3.63, 3.8) is 0 Å². The van der Waals surface area contributed by atoms with Crippen LogP contribution >= 0.6 is 12.2 Å². The topological polar surface area (TPSA) is 88.5 Å². The fourth-order valence-corrected chi connectivity index (χ4v) is 6.57. The highest BCUT2D eigenvalue weighted by Gasteiger charge is 2.42.